The SMILES string of the molecule is c1ccc(-c2cccc3c2ccc2ccccc23)cc1.c1ccc2ncccc2c1. The summed E-state index contributed by atoms with van der Waals surface area (Å²) in [5.41, 5.74) is 3.63. The third-order valence-electron chi connectivity index (χ3n) is 5.38. The first-order valence-corrected chi connectivity index (χ1v) is 10.2. The quantitative estimate of drug-likeness (QED) is 0.263. The monoisotopic (exact) mass is 383 g/mol. The van der Waals surface area contributed by atoms with Gasteiger partial charge in [-0.3, -0.25) is 4.98 Å². The van der Waals surface area contributed by atoms with Crippen molar-refractivity contribution >= 4 is 32.4 Å². The van der Waals surface area contributed by atoms with Gasteiger partial charge < -0.3 is 0 Å². The van der Waals surface area contributed by atoms with Gasteiger partial charge >= 0.3 is 0 Å². The molecule has 0 aliphatic rings. The Kier molecular flexibility index (Phi) is 4.93. The Morgan fingerprint density at radius 2 is 1.10 bits per heavy atom. The largest absolute Gasteiger partial charge is 0.256 e. The molecule has 5 aromatic carbocycles. The highest BCUT2D eigenvalue weighted by Crippen LogP contribution is 2.32. The summed E-state index contributed by atoms with van der Waals surface area (Å²) in [6, 6.07) is 42.3. The molecule has 0 spiro atoms. The summed E-state index contributed by atoms with van der Waals surface area (Å²) in [6.07, 6.45) is 1.81. The lowest BCUT2D eigenvalue weighted by Gasteiger charge is -2.09. The van der Waals surface area contributed by atoms with Crippen LogP contribution in [0.1, 0.15) is 0 Å². The van der Waals surface area contributed by atoms with Gasteiger partial charge in [-0.2, -0.15) is 0 Å². The van der Waals surface area contributed by atoms with Crippen LogP contribution in [-0.2, 0) is 0 Å². The van der Waals surface area contributed by atoms with Gasteiger partial charge in [0.25, 0.3) is 0 Å². The van der Waals surface area contributed by atoms with Gasteiger partial charge in [0.05, 0.1) is 5.52 Å². The molecule has 0 unspecified atom stereocenters. The Morgan fingerprint density at radius 1 is 0.400 bits per heavy atom. The van der Waals surface area contributed by atoms with Gasteiger partial charge in [0.15, 0.2) is 0 Å². The van der Waals surface area contributed by atoms with Crippen LogP contribution in [0.15, 0.2) is 128 Å². The van der Waals surface area contributed by atoms with E-state index >= 15 is 0 Å². The van der Waals surface area contributed by atoms with E-state index in [1.807, 2.05) is 30.5 Å². The summed E-state index contributed by atoms with van der Waals surface area (Å²) in [7, 11) is 0. The number of para-hydroxylation sites is 1. The normalized spacial score (nSPS) is 10.7. The molecule has 1 aromatic heterocycles. The van der Waals surface area contributed by atoms with Crippen LogP contribution in [-0.4, -0.2) is 4.98 Å². The Balaban J connectivity index is 0.000000161. The predicted molar refractivity (Wildman–Crippen MR) is 129 cm³/mol. The number of nitrogens with zero attached hydrogens (tertiary/aromatic N) is 1. The van der Waals surface area contributed by atoms with Crippen molar-refractivity contribution in [2.75, 3.05) is 0 Å². The number of aromatic nitrogens is 1. The zero-order chi connectivity index (χ0) is 20.2. The average Bonchev–Trinajstić information content (AvgIpc) is 2.84. The van der Waals surface area contributed by atoms with Crippen LogP contribution in [0.2, 0.25) is 0 Å². The maximum absolute atomic E-state index is 4.18. The first-order chi connectivity index (χ1) is 14.9. The van der Waals surface area contributed by atoms with Crippen LogP contribution in [0.4, 0.5) is 0 Å². The molecule has 6 rings (SSSR count). The van der Waals surface area contributed by atoms with E-state index in [0.29, 0.717) is 0 Å². The molecule has 0 bridgehead atoms. The standard InChI is InChI=1S/C20H14.C9H7N/c1-2-7-15(8-3-1)18-11-6-12-19-17-10-5-4-9-16(17)13-14-20(18)19;1-2-6-9-8(4-1)5-3-7-10-9/h1-14H;1-7H. The van der Waals surface area contributed by atoms with E-state index in [-0.39, 0.29) is 0 Å². The molecule has 30 heavy (non-hydrogen) atoms. The van der Waals surface area contributed by atoms with E-state index in [9.17, 15) is 0 Å². The van der Waals surface area contributed by atoms with Gasteiger partial charge in [-0.25, -0.2) is 0 Å². The molecule has 0 atom stereocenters. The van der Waals surface area contributed by atoms with Gasteiger partial charge in [-0.05, 0) is 44.8 Å². The van der Waals surface area contributed by atoms with Crippen LogP contribution >= 0.6 is 0 Å². The van der Waals surface area contributed by atoms with Crippen molar-refractivity contribution in [2.45, 2.75) is 0 Å². The zero-order valence-electron chi connectivity index (χ0n) is 16.6. The number of benzene rings is 5. The molecule has 0 aliphatic carbocycles. The van der Waals surface area contributed by atoms with Crippen LogP contribution in [0, 0.1) is 0 Å². The molecule has 1 heterocycles. The summed E-state index contributed by atoms with van der Waals surface area (Å²) in [4.78, 5) is 4.18. The number of pyridine rings is 1. The molecule has 1 nitrogen and oxygen atoms in total. The van der Waals surface area contributed by atoms with E-state index in [0.717, 1.165) is 5.52 Å². The summed E-state index contributed by atoms with van der Waals surface area (Å²) in [5.74, 6) is 0. The molecule has 1 heteroatoms. The Hall–Kier alpha value is -3.97. The molecule has 0 radical (unpaired) electrons. The fraction of sp³-hybridized carbons (Fsp3) is 0. The van der Waals surface area contributed by atoms with Crippen molar-refractivity contribution in [3.05, 3.63) is 128 Å². The van der Waals surface area contributed by atoms with E-state index in [2.05, 4.69) is 102 Å². The maximum Gasteiger partial charge on any atom is 0.0701 e. The van der Waals surface area contributed by atoms with Gasteiger partial charge in [0, 0.05) is 11.6 Å². The zero-order valence-corrected chi connectivity index (χ0v) is 16.6. The van der Waals surface area contributed by atoms with E-state index in [1.54, 1.807) is 0 Å². The minimum Gasteiger partial charge on any atom is -0.256 e. The second-order valence-electron chi connectivity index (χ2n) is 7.25. The van der Waals surface area contributed by atoms with Gasteiger partial charge in [0.2, 0.25) is 0 Å². The van der Waals surface area contributed by atoms with Crippen molar-refractivity contribution in [1.29, 1.82) is 0 Å². The van der Waals surface area contributed by atoms with Gasteiger partial charge in [0.1, 0.15) is 0 Å². The number of hydrogen-bond donors (Lipinski definition) is 0. The molecule has 142 valence electrons. The number of hydrogen-bond acceptors (Lipinski definition) is 1. The highest BCUT2D eigenvalue weighted by molar-refractivity contribution is 6.11. The number of fused-ring (bicyclic) bond motifs is 4. The highest BCUT2D eigenvalue weighted by Gasteiger charge is 2.05. The molecule has 0 fully saturated rings. The van der Waals surface area contributed by atoms with Crippen LogP contribution < -0.4 is 0 Å². The molecule has 0 amide bonds. The number of rotatable bonds is 1. The molecule has 0 aliphatic heterocycles. The Labute approximate surface area is 176 Å². The maximum atomic E-state index is 4.18. The third kappa shape index (κ3) is 3.54. The molecule has 0 saturated heterocycles. The Morgan fingerprint density at radius 3 is 1.97 bits per heavy atom. The van der Waals surface area contributed by atoms with Crippen molar-refractivity contribution < 1.29 is 0 Å². The summed E-state index contributed by atoms with van der Waals surface area (Å²) < 4.78 is 0. The van der Waals surface area contributed by atoms with Crippen LogP contribution in [0.25, 0.3) is 43.6 Å². The average molecular weight is 383 g/mol. The fourth-order valence-electron chi connectivity index (χ4n) is 3.93. The molecule has 0 N–H and O–H groups in total. The molecule has 0 saturated carbocycles. The molecular weight excluding hydrogens is 362 g/mol. The molecular formula is C29H21N. The summed E-state index contributed by atoms with van der Waals surface area (Å²) in [5, 5.41) is 6.46. The third-order valence-corrected chi connectivity index (χ3v) is 5.38. The second kappa shape index (κ2) is 8.18. The van der Waals surface area contributed by atoms with E-state index in [1.165, 1.54) is 38.1 Å². The summed E-state index contributed by atoms with van der Waals surface area (Å²) in [6.45, 7) is 0. The van der Waals surface area contributed by atoms with Crippen LogP contribution in [0.5, 0.6) is 0 Å². The van der Waals surface area contributed by atoms with Crippen molar-refractivity contribution in [1.82, 2.24) is 4.98 Å². The van der Waals surface area contributed by atoms with Crippen molar-refractivity contribution in [3.8, 4) is 11.1 Å². The minimum absolute atomic E-state index is 1.06. The fourth-order valence-corrected chi connectivity index (χ4v) is 3.93. The minimum atomic E-state index is 1.06. The first kappa shape index (κ1) is 18.1. The van der Waals surface area contributed by atoms with E-state index in [4.69, 9.17) is 0 Å². The first-order valence-electron chi connectivity index (χ1n) is 10.2. The van der Waals surface area contributed by atoms with Crippen LogP contribution in [0.3, 0.4) is 0 Å². The highest BCUT2D eigenvalue weighted by atomic mass is 14.6. The topological polar surface area (TPSA) is 12.9 Å². The smallest absolute Gasteiger partial charge is 0.0701 e. The van der Waals surface area contributed by atoms with E-state index < -0.39 is 0 Å². The lowest BCUT2D eigenvalue weighted by Crippen LogP contribution is -1.82. The second-order valence-corrected chi connectivity index (χ2v) is 7.25. The van der Waals surface area contributed by atoms with Gasteiger partial charge in [-0.15, -0.1) is 0 Å². The summed E-state index contributed by atoms with van der Waals surface area (Å²) >= 11 is 0. The predicted octanol–water partition coefficient (Wildman–Crippen LogP) is 7.89. The lowest BCUT2D eigenvalue weighted by molar-refractivity contribution is 1.41. The molecule has 6 aromatic rings. The van der Waals surface area contributed by atoms with Gasteiger partial charge in [-0.1, -0.05) is 109 Å². The van der Waals surface area contributed by atoms with Crippen molar-refractivity contribution in [3.63, 3.8) is 0 Å². The Bertz CT molecular complexity index is 1370. The lowest BCUT2D eigenvalue weighted by atomic mass is 9.95. The van der Waals surface area contributed by atoms with Crippen molar-refractivity contribution in [2.24, 2.45) is 0 Å².